The molecule has 6 bridgehead atoms. The first-order valence-corrected chi connectivity index (χ1v) is 19.0. The Hall–Kier alpha value is -3.88. The Morgan fingerprint density at radius 2 is 2.00 bits per heavy atom. The van der Waals surface area contributed by atoms with Gasteiger partial charge in [0.25, 0.3) is 0 Å². The minimum atomic E-state index is -0.921. The molecule has 274 valence electrons. The van der Waals surface area contributed by atoms with Crippen LogP contribution < -0.4 is 9.64 Å². The van der Waals surface area contributed by atoms with Crippen molar-refractivity contribution in [1.29, 1.82) is 0 Å². The van der Waals surface area contributed by atoms with E-state index in [9.17, 15) is 9.18 Å². The quantitative estimate of drug-likeness (QED) is 0.208. The summed E-state index contributed by atoms with van der Waals surface area (Å²) in [6.45, 7) is 3.11. The number of nitrogens with zero attached hydrogens (tertiary/aromatic N) is 7. The first kappa shape index (κ1) is 32.7. The highest BCUT2D eigenvalue weighted by Crippen LogP contribution is 2.55. The highest BCUT2D eigenvalue weighted by atomic mass is 35.5. The van der Waals surface area contributed by atoms with Crippen LogP contribution in [0.4, 0.5) is 19.4 Å². The number of piperidine rings is 1. The normalized spacial score (nSPS) is 30.3. The van der Waals surface area contributed by atoms with Gasteiger partial charge in [0.05, 0.1) is 35.8 Å². The van der Waals surface area contributed by atoms with E-state index in [4.69, 9.17) is 50.6 Å². The van der Waals surface area contributed by atoms with Crippen molar-refractivity contribution in [3.05, 3.63) is 34.9 Å². The molecule has 15 heteroatoms. The SMILES string of the molecule is O=C1OC[C@@H]2C[C@@H]2c2c(Cl)cc3c(cnn3C3CCCCO3)c2-c2ncc3c(nc(OC[C@@]45CCCN4C[C@H](F)C5)nc3c2F)N2CCC[C@H](C2)O1. The molecular weight excluding hydrogens is 696 g/mol. The summed E-state index contributed by atoms with van der Waals surface area (Å²) in [5.74, 6) is -0.324. The highest BCUT2D eigenvalue weighted by molar-refractivity contribution is 6.33. The maximum atomic E-state index is 17.5. The second-order valence-electron chi connectivity index (χ2n) is 15.4. The van der Waals surface area contributed by atoms with Gasteiger partial charge < -0.3 is 23.8 Å². The van der Waals surface area contributed by atoms with Crippen molar-refractivity contribution >= 4 is 45.4 Å². The molecule has 5 fully saturated rings. The molecule has 52 heavy (non-hydrogen) atoms. The Morgan fingerprint density at radius 3 is 2.88 bits per heavy atom. The summed E-state index contributed by atoms with van der Waals surface area (Å²) in [6.07, 6.45) is 8.03. The molecule has 1 unspecified atom stereocenters. The maximum absolute atomic E-state index is 17.5. The topological polar surface area (TPSA) is 117 Å². The third kappa shape index (κ3) is 5.46. The van der Waals surface area contributed by atoms with Crippen LogP contribution in [0, 0.1) is 11.7 Å². The van der Waals surface area contributed by atoms with Gasteiger partial charge in [-0.05, 0) is 75.5 Å². The zero-order valence-corrected chi connectivity index (χ0v) is 29.5. The fourth-order valence-electron chi connectivity index (χ4n) is 9.44. The molecule has 1 saturated carbocycles. The van der Waals surface area contributed by atoms with Crippen LogP contribution in [0.1, 0.15) is 75.5 Å². The molecule has 7 aliphatic rings. The van der Waals surface area contributed by atoms with Crippen LogP contribution in [0.25, 0.3) is 33.1 Å². The summed E-state index contributed by atoms with van der Waals surface area (Å²) in [5, 5.41) is 6.29. The average molecular weight is 736 g/mol. The van der Waals surface area contributed by atoms with Crippen molar-refractivity contribution < 1.29 is 32.5 Å². The molecule has 0 radical (unpaired) electrons. The number of fused-ring (bicyclic) bond motifs is 6. The van der Waals surface area contributed by atoms with Gasteiger partial charge in [0, 0.05) is 54.2 Å². The molecule has 9 heterocycles. The number of halogens is 3. The lowest BCUT2D eigenvalue weighted by Crippen LogP contribution is -2.43. The fraction of sp³-hybridized carbons (Fsp3) is 0.595. The molecule has 3 aromatic heterocycles. The van der Waals surface area contributed by atoms with Gasteiger partial charge in [-0.3, -0.25) is 9.88 Å². The molecular formula is C37H40ClF2N7O5. The standard InChI is InChI=1S/C37H40ClF2N7O5/c38-26-12-27-24(15-42-47(27)28-6-1-2-10-49-28)30-29(26)23-11-20(23)18-50-36(48)52-22-5-3-8-45(17-22)34-25-14-41-33(30)31(40)32(25)43-35(44-34)51-19-37-7-4-9-46(37)16-21(39)13-37/h12,14-15,20-23,28H,1-11,13,16-19H2/t20-,21+,22+,23-,28?,37-/m0/s1. The maximum Gasteiger partial charge on any atom is 0.508 e. The van der Waals surface area contributed by atoms with Crippen molar-refractivity contribution in [2.75, 3.05) is 50.9 Å². The summed E-state index contributed by atoms with van der Waals surface area (Å²) in [5.41, 5.74) is 1.70. The summed E-state index contributed by atoms with van der Waals surface area (Å²) in [6, 6.07) is 1.88. The Balaban J connectivity index is 1.15. The van der Waals surface area contributed by atoms with Gasteiger partial charge in [0.15, 0.2) is 12.0 Å². The van der Waals surface area contributed by atoms with E-state index in [0.717, 1.165) is 49.7 Å². The van der Waals surface area contributed by atoms with Gasteiger partial charge in [0.1, 0.15) is 35.9 Å². The van der Waals surface area contributed by atoms with E-state index in [1.165, 1.54) is 0 Å². The lowest BCUT2D eigenvalue weighted by molar-refractivity contribution is -0.0366. The van der Waals surface area contributed by atoms with Gasteiger partial charge in [-0.2, -0.15) is 15.1 Å². The van der Waals surface area contributed by atoms with E-state index in [1.54, 1.807) is 12.4 Å². The second kappa shape index (κ2) is 12.6. The lowest BCUT2D eigenvalue weighted by atomic mass is 9.94. The number of ether oxygens (including phenoxy) is 4. The van der Waals surface area contributed by atoms with Crippen LogP contribution in [0.5, 0.6) is 6.01 Å². The molecule has 0 N–H and O–H groups in total. The Labute approximate surface area is 303 Å². The minimum absolute atomic E-state index is 0.00615. The van der Waals surface area contributed by atoms with Gasteiger partial charge in [-0.1, -0.05) is 11.6 Å². The number of carbonyl (C=O) groups excluding carboxylic acids is 1. The molecule has 6 atom stereocenters. The average Bonchev–Trinajstić information content (AvgIpc) is 3.43. The smallest absolute Gasteiger partial charge is 0.461 e. The Kier molecular flexibility index (Phi) is 7.95. The summed E-state index contributed by atoms with van der Waals surface area (Å²) in [7, 11) is 0. The highest BCUT2D eigenvalue weighted by Gasteiger charge is 2.49. The van der Waals surface area contributed by atoms with E-state index >= 15 is 4.39 Å². The number of anilines is 1. The number of benzene rings is 1. The fourth-order valence-corrected chi connectivity index (χ4v) is 9.78. The second-order valence-corrected chi connectivity index (χ2v) is 15.8. The van der Waals surface area contributed by atoms with Crippen LogP contribution in [0.3, 0.4) is 0 Å². The van der Waals surface area contributed by atoms with Crippen LogP contribution >= 0.6 is 11.6 Å². The number of pyridine rings is 1. The minimum Gasteiger partial charge on any atom is -0.461 e. The largest absolute Gasteiger partial charge is 0.508 e. The number of hydrogen-bond donors (Lipinski definition) is 0. The van der Waals surface area contributed by atoms with Crippen molar-refractivity contribution in [3.63, 3.8) is 0 Å². The summed E-state index contributed by atoms with van der Waals surface area (Å²) in [4.78, 5) is 31.4. The van der Waals surface area contributed by atoms with E-state index in [1.807, 2.05) is 15.6 Å². The third-order valence-corrected chi connectivity index (χ3v) is 12.4. The third-order valence-electron chi connectivity index (χ3n) is 12.1. The van der Waals surface area contributed by atoms with Gasteiger partial charge in [-0.25, -0.2) is 18.3 Å². The molecule has 11 rings (SSSR count). The first-order chi connectivity index (χ1) is 25.3. The van der Waals surface area contributed by atoms with Gasteiger partial charge in [-0.15, -0.1) is 0 Å². The molecule has 1 aliphatic carbocycles. The van der Waals surface area contributed by atoms with Crippen LogP contribution in [-0.2, 0) is 14.2 Å². The molecule has 4 saturated heterocycles. The van der Waals surface area contributed by atoms with Crippen LogP contribution in [-0.4, -0.2) is 99.6 Å². The molecule has 1 aromatic carbocycles. The molecule has 6 aliphatic heterocycles. The van der Waals surface area contributed by atoms with E-state index in [2.05, 4.69) is 4.90 Å². The predicted octanol–water partition coefficient (Wildman–Crippen LogP) is 6.73. The lowest BCUT2D eigenvalue weighted by Gasteiger charge is -2.34. The van der Waals surface area contributed by atoms with E-state index < -0.39 is 29.8 Å². The number of rotatable bonds is 4. The summed E-state index contributed by atoms with van der Waals surface area (Å²) >= 11 is 7.14. The zero-order valence-electron chi connectivity index (χ0n) is 28.7. The van der Waals surface area contributed by atoms with Crippen LogP contribution in [0.15, 0.2) is 18.5 Å². The Bertz CT molecular complexity index is 2080. The summed E-state index contributed by atoms with van der Waals surface area (Å²) < 4.78 is 57.8. The number of hydrogen-bond acceptors (Lipinski definition) is 11. The van der Waals surface area contributed by atoms with E-state index in [0.29, 0.717) is 79.1 Å². The van der Waals surface area contributed by atoms with Gasteiger partial charge >= 0.3 is 12.2 Å². The van der Waals surface area contributed by atoms with Crippen molar-refractivity contribution in [1.82, 2.24) is 29.6 Å². The number of carbonyl (C=O) groups is 1. The first-order valence-electron chi connectivity index (χ1n) is 18.6. The van der Waals surface area contributed by atoms with Crippen molar-refractivity contribution in [3.8, 4) is 17.3 Å². The van der Waals surface area contributed by atoms with Crippen LogP contribution in [0.2, 0.25) is 5.02 Å². The van der Waals surface area contributed by atoms with Crippen molar-refractivity contribution in [2.24, 2.45) is 5.92 Å². The molecule has 4 aromatic rings. The number of aromatic nitrogens is 5. The predicted molar refractivity (Wildman–Crippen MR) is 187 cm³/mol. The monoisotopic (exact) mass is 735 g/mol. The molecule has 0 spiro atoms. The molecule has 0 amide bonds. The van der Waals surface area contributed by atoms with Gasteiger partial charge in [0.2, 0.25) is 0 Å². The molecule has 12 nitrogen and oxygen atoms in total. The van der Waals surface area contributed by atoms with Crippen molar-refractivity contribution in [2.45, 2.75) is 87.7 Å². The van der Waals surface area contributed by atoms with E-state index in [-0.39, 0.29) is 48.5 Å². The Morgan fingerprint density at radius 1 is 1.08 bits per heavy atom. The zero-order chi connectivity index (χ0) is 35.1. The number of alkyl halides is 1.